The predicted molar refractivity (Wildman–Crippen MR) is 137 cm³/mol. The van der Waals surface area contributed by atoms with Gasteiger partial charge in [-0.25, -0.2) is 18.2 Å². The number of benzene rings is 2. The second kappa shape index (κ2) is 10.8. The molecular weight excluding hydrogens is 493 g/mol. The number of carbonyl (C=O) groups is 1. The van der Waals surface area contributed by atoms with Gasteiger partial charge in [0.1, 0.15) is 17.5 Å². The van der Waals surface area contributed by atoms with Gasteiger partial charge in [-0.15, -0.1) is 0 Å². The number of hydrogen-bond donors (Lipinski definition) is 2. The second-order valence-electron chi connectivity index (χ2n) is 8.81. The van der Waals surface area contributed by atoms with Crippen molar-refractivity contribution < 1.29 is 22.7 Å². The van der Waals surface area contributed by atoms with E-state index in [-0.39, 0.29) is 18.7 Å². The molecular formula is C29H23F3N4O2. The first kappa shape index (κ1) is 25.0. The van der Waals surface area contributed by atoms with Crippen molar-refractivity contribution in [3.05, 3.63) is 114 Å². The lowest BCUT2D eigenvalue weighted by Crippen LogP contribution is -2.32. The molecule has 3 heterocycles. The zero-order valence-corrected chi connectivity index (χ0v) is 20.3. The van der Waals surface area contributed by atoms with Gasteiger partial charge >= 0.3 is 0 Å². The minimum absolute atomic E-state index is 0.0519. The molecule has 5 rings (SSSR count). The predicted octanol–water partition coefficient (Wildman–Crippen LogP) is 5.69. The number of H-pyrrole nitrogens is 1. The summed E-state index contributed by atoms with van der Waals surface area (Å²) in [4.78, 5) is 25.1. The monoisotopic (exact) mass is 516 g/mol. The fourth-order valence-electron chi connectivity index (χ4n) is 4.50. The van der Waals surface area contributed by atoms with Crippen LogP contribution >= 0.6 is 0 Å². The molecule has 1 atom stereocenters. The first-order chi connectivity index (χ1) is 18.4. The molecule has 0 saturated carbocycles. The summed E-state index contributed by atoms with van der Waals surface area (Å²) in [5.74, 6) is -1.93. The van der Waals surface area contributed by atoms with Crippen LogP contribution in [0, 0.1) is 17.5 Å². The lowest BCUT2D eigenvalue weighted by Gasteiger charge is -2.22. The van der Waals surface area contributed by atoms with Crippen LogP contribution in [-0.2, 0) is 17.6 Å². The highest BCUT2D eigenvalue weighted by Crippen LogP contribution is 2.31. The molecule has 0 bridgehead atoms. The molecule has 0 aliphatic carbocycles. The number of ether oxygens (including phenoxy) is 1. The van der Waals surface area contributed by atoms with Crippen LogP contribution < -0.4 is 10.1 Å². The van der Waals surface area contributed by atoms with Gasteiger partial charge in [-0.2, -0.15) is 0 Å². The molecule has 0 unspecified atom stereocenters. The van der Waals surface area contributed by atoms with Gasteiger partial charge in [0.05, 0.1) is 25.3 Å². The van der Waals surface area contributed by atoms with E-state index in [2.05, 4.69) is 20.3 Å². The Morgan fingerprint density at radius 1 is 1.03 bits per heavy atom. The molecule has 192 valence electrons. The zero-order valence-electron chi connectivity index (χ0n) is 20.3. The minimum atomic E-state index is -0.782. The Kier molecular flexibility index (Phi) is 7.08. The second-order valence-corrected chi connectivity index (χ2v) is 8.81. The molecule has 1 amide bonds. The quantitative estimate of drug-likeness (QED) is 0.278. The van der Waals surface area contributed by atoms with Gasteiger partial charge in [0.15, 0.2) is 0 Å². The van der Waals surface area contributed by atoms with Crippen LogP contribution in [0.1, 0.15) is 22.9 Å². The van der Waals surface area contributed by atoms with E-state index in [0.29, 0.717) is 39.2 Å². The Morgan fingerprint density at radius 3 is 2.58 bits per heavy atom. The highest BCUT2D eigenvalue weighted by molar-refractivity contribution is 5.89. The van der Waals surface area contributed by atoms with Crippen molar-refractivity contribution in [2.45, 2.75) is 18.9 Å². The Labute approximate surface area is 216 Å². The average molecular weight is 517 g/mol. The van der Waals surface area contributed by atoms with Crippen LogP contribution in [0.2, 0.25) is 0 Å². The SMILES string of the molecule is COc1ccc(-c2cccnc2)c([C@H](Cc2cc(F)cc(F)c2)NC(=O)Cc2c[nH]c3ccc(F)cc23)n1. The third kappa shape index (κ3) is 5.51. The van der Waals surface area contributed by atoms with E-state index in [1.165, 1.54) is 31.4 Å². The van der Waals surface area contributed by atoms with Crippen molar-refractivity contribution in [1.29, 1.82) is 0 Å². The summed E-state index contributed by atoms with van der Waals surface area (Å²) in [5.41, 5.74) is 3.52. The Bertz CT molecular complexity index is 1580. The first-order valence-corrected chi connectivity index (χ1v) is 11.8. The molecule has 2 N–H and O–H groups in total. The molecule has 0 aliphatic rings. The van der Waals surface area contributed by atoms with Crippen molar-refractivity contribution in [1.82, 2.24) is 20.3 Å². The maximum Gasteiger partial charge on any atom is 0.225 e. The Balaban J connectivity index is 1.53. The summed E-state index contributed by atoms with van der Waals surface area (Å²) in [6.45, 7) is 0. The molecule has 9 heteroatoms. The maximum absolute atomic E-state index is 14.0. The average Bonchev–Trinajstić information content (AvgIpc) is 3.29. The van der Waals surface area contributed by atoms with Crippen molar-refractivity contribution >= 4 is 16.8 Å². The third-order valence-corrected chi connectivity index (χ3v) is 6.19. The van der Waals surface area contributed by atoms with Crippen molar-refractivity contribution in [2.24, 2.45) is 0 Å². The lowest BCUT2D eigenvalue weighted by atomic mass is 9.95. The molecule has 0 aliphatic heterocycles. The van der Waals surface area contributed by atoms with Gasteiger partial charge in [0.25, 0.3) is 0 Å². The summed E-state index contributed by atoms with van der Waals surface area (Å²) in [5, 5.41) is 3.57. The van der Waals surface area contributed by atoms with Gasteiger partial charge in [0.2, 0.25) is 11.8 Å². The standard InChI is InChI=1S/C29H23F3N4O2/c1-38-28-7-5-23(18-3-2-8-33-15-18)29(36-28)26(11-17-9-21(31)13-22(32)10-17)35-27(37)12-19-16-34-25-6-4-20(30)14-24(19)25/h2-10,13-16,26,34H,11-12H2,1H3,(H,35,37)/t26-/m0/s1. The normalized spacial score (nSPS) is 11.9. The molecule has 5 aromatic rings. The largest absolute Gasteiger partial charge is 0.481 e. The Morgan fingerprint density at radius 2 is 1.84 bits per heavy atom. The molecule has 6 nitrogen and oxygen atoms in total. The molecule has 0 saturated heterocycles. The smallest absolute Gasteiger partial charge is 0.225 e. The van der Waals surface area contributed by atoms with E-state index in [9.17, 15) is 18.0 Å². The van der Waals surface area contributed by atoms with Crippen LogP contribution in [0.15, 0.2) is 79.3 Å². The highest BCUT2D eigenvalue weighted by Gasteiger charge is 2.23. The van der Waals surface area contributed by atoms with E-state index in [4.69, 9.17) is 4.74 Å². The number of pyridine rings is 2. The summed E-state index contributed by atoms with van der Waals surface area (Å²) in [6.07, 6.45) is 4.96. The number of halogens is 3. The molecule has 0 fully saturated rings. The first-order valence-electron chi connectivity index (χ1n) is 11.8. The van der Waals surface area contributed by atoms with Crippen LogP contribution in [0.3, 0.4) is 0 Å². The summed E-state index contributed by atoms with van der Waals surface area (Å²) < 4.78 is 47.2. The van der Waals surface area contributed by atoms with Crippen molar-refractivity contribution in [2.75, 3.05) is 7.11 Å². The van der Waals surface area contributed by atoms with Crippen LogP contribution in [0.4, 0.5) is 13.2 Å². The fourth-order valence-corrected chi connectivity index (χ4v) is 4.50. The number of nitrogens with one attached hydrogen (secondary N) is 2. The van der Waals surface area contributed by atoms with Gasteiger partial charge in [-0.05, 0) is 60.0 Å². The van der Waals surface area contributed by atoms with Crippen molar-refractivity contribution in [3.63, 3.8) is 0 Å². The maximum atomic E-state index is 14.0. The number of aromatic amines is 1. The summed E-state index contributed by atoms with van der Waals surface area (Å²) in [6, 6.07) is 13.9. The van der Waals surface area contributed by atoms with Crippen molar-refractivity contribution in [3.8, 4) is 17.0 Å². The van der Waals surface area contributed by atoms with Gasteiger partial charge in [-0.3, -0.25) is 9.78 Å². The lowest BCUT2D eigenvalue weighted by molar-refractivity contribution is -0.121. The number of fused-ring (bicyclic) bond motifs is 1. The molecule has 0 spiro atoms. The molecule has 2 aromatic carbocycles. The fraction of sp³-hybridized carbons (Fsp3) is 0.138. The number of aromatic nitrogens is 3. The van der Waals surface area contributed by atoms with E-state index in [0.717, 1.165) is 11.6 Å². The number of methoxy groups -OCH3 is 1. The van der Waals surface area contributed by atoms with Gasteiger partial charge in [0, 0.05) is 52.8 Å². The van der Waals surface area contributed by atoms with E-state index >= 15 is 0 Å². The van der Waals surface area contributed by atoms with E-state index in [1.54, 1.807) is 42.9 Å². The molecule has 38 heavy (non-hydrogen) atoms. The van der Waals surface area contributed by atoms with Crippen LogP contribution in [0.5, 0.6) is 5.88 Å². The minimum Gasteiger partial charge on any atom is -0.481 e. The van der Waals surface area contributed by atoms with Gasteiger partial charge in [-0.1, -0.05) is 6.07 Å². The topological polar surface area (TPSA) is 79.9 Å². The Hall–Kier alpha value is -4.66. The number of rotatable bonds is 8. The van der Waals surface area contributed by atoms with Crippen LogP contribution in [0.25, 0.3) is 22.0 Å². The van der Waals surface area contributed by atoms with E-state index < -0.39 is 23.5 Å². The van der Waals surface area contributed by atoms with E-state index in [1.807, 2.05) is 6.07 Å². The highest BCUT2D eigenvalue weighted by atomic mass is 19.1. The summed E-state index contributed by atoms with van der Waals surface area (Å²) >= 11 is 0. The number of carbonyl (C=O) groups excluding carboxylic acids is 1. The number of amides is 1. The summed E-state index contributed by atoms with van der Waals surface area (Å²) in [7, 11) is 1.47. The number of nitrogens with zero attached hydrogens (tertiary/aromatic N) is 2. The third-order valence-electron chi connectivity index (χ3n) is 6.19. The zero-order chi connectivity index (χ0) is 26.6. The van der Waals surface area contributed by atoms with Gasteiger partial charge < -0.3 is 15.0 Å². The molecule has 3 aromatic heterocycles. The number of hydrogen-bond acceptors (Lipinski definition) is 4. The molecule has 0 radical (unpaired) electrons. The van der Waals surface area contributed by atoms with Crippen LogP contribution in [-0.4, -0.2) is 28.0 Å².